The fourth-order valence-corrected chi connectivity index (χ4v) is 1.94. The minimum Gasteiger partial charge on any atom is -0.382 e. The van der Waals surface area contributed by atoms with Crippen molar-refractivity contribution in [1.29, 1.82) is 0 Å². The van der Waals surface area contributed by atoms with Gasteiger partial charge in [-0.3, -0.25) is 9.48 Å². The Hall–Kier alpha value is -2.30. The van der Waals surface area contributed by atoms with E-state index in [0.717, 1.165) is 12.0 Å². The number of anilines is 1. The highest BCUT2D eigenvalue weighted by Crippen LogP contribution is 2.08. The van der Waals surface area contributed by atoms with Gasteiger partial charge in [-0.25, -0.2) is 0 Å². The Bertz CT molecular complexity index is 562. The van der Waals surface area contributed by atoms with E-state index in [9.17, 15) is 4.79 Å². The fraction of sp³-hybridized carbons (Fsp3) is 0.286. The summed E-state index contributed by atoms with van der Waals surface area (Å²) in [4.78, 5) is 11.8. The summed E-state index contributed by atoms with van der Waals surface area (Å²) in [5, 5.41) is 6.86. The molecule has 0 fully saturated rings. The fourth-order valence-electron chi connectivity index (χ4n) is 1.94. The highest BCUT2D eigenvalue weighted by molar-refractivity contribution is 5.75. The van der Waals surface area contributed by atoms with Crippen molar-refractivity contribution in [2.24, 2.45) is 0 Å². The van der Waals surface area contributed by atoms with Gasteiger partial charge >= 0.3 is 0 Å². The number of carbonyl (C=O) groups is 1. The van der Waals surface area contributed by atoms with E-state index in [2.05, 4.69) is 23.4 Å². The molecule has 1 aromatic heterocycles. The second kappa shape index (κ2) is 6.04. The number of nitrogen functional groups attached to an aromatic ring is 1. The molecule has 0 aliphatic heterocycles. The molecule has 0 bridgehead atoms. The summed E-state index contributed by atoms with van der Waals surface area (Å²) in [6.45, 7) is 2.83. The molecule has 100 valence electrons. The van der Waals surface area contributed by atoms with Crippen molar-refractivity contribution in [2.75, 3.05) is 5.73 Å². The number of aryl methyl sites for hydroxylation is 1. The van der Waals surface area contributed by atoms with E-state index in [-0.39, 0.29) is 12.5 Å². The molecule has 0 aliphatic carbocycles. The summed E-state index contributed by atoms with van der Waals surface area (Å²) in [6, 6.07) is 9.77. The van der Waals surface area contributed by atoms with Gasteiger partial charge in [0, 0.05) is 12.7 Å². The molecule has 2 rings (SSSR count). The first kappa shape index (κ1) is 13.1. The van der Waals surface area contributed by atoms with Crippen molar-refractivity contribution < 1.29 is 4.79 Å². The Morgan fingerprint density at radius 3 is 2.68 bits per heavy atom. The zero-order chi connectivity index (χ0) is 13.7. The van der Waals surface area contributed by atoms with Crippen molar-refractivity contribution >= 4 is 11.7 Å². The number of aromatic nitrogens is 2. The van der Waals surface area contributed by atoms with Crippen LogP contribution in [0.5, 0.6) is 0 Å². The van der Waals surface area contributed by atoms with Crippen molar-refractivity contribution in [3.8, 4) is 0 Å². The summed E-state index contributed by atoms with van der Waals surface area (Å²) in [6.07, 6.45) is 2.65. The van der Waals surface area contributed by atoms with E-state index in [4.69, 9.17) is 5.73 Å². The summed E-state index contributed by atoms with van der Waals surface area (Å²) in [7, 11) is 0. The lowest BCUT2D eigenvalue weighted by Crippen LogP contribution is -2.27. The lowest BCUT2D eigenvalue weighted by molar-refractivity contribution is -0.122. The van der Waals surface area contributed by atoms with Crippen LogP contribution in [0.1, 0.15) is 18.1 Å². The zero-order valence-corrected chi connectivity index (χ0v) is 11.0. The Morgan fingerprint density at radius 1 is 1.32 bits per heavy atom. The molecule has 0 saturated carbocycles. The predicted octanol–water partition coefficient (Wildman–Crippen LogP) is 1.34. The topological polar surface area (TPSA) is 72.9 Å². The van der Waals surface area contributed by atoms with Crippen LogP contribution in [0.15, 0.2) is 36.5 Å². The summed E-state index contributed by atoms with van der Waals surface area (Å²) in [5.74, 6) is 0.345. The molecule has 0 radical (unpaired) electrons. The number of nitrogens with two attached hydrogens (primary N) is 1. The van der Waals surface area contributed by atoms with Crippen molar-refractivity contribution in [1.82, 2.24) is 15.1 Å². The molecule has 1 aromatic carbocycles. The molecule has 3 N–H and O–H groups in total. The molecule has 0 saturated heterocycles. The van der Waals surface area contributed by atoms with Gasteiger partial charge in [0.25, 0.3) is 0 Å². The Morgan fingerprint density at radius 2 is 2.05 bits per heavy atom. The smallest absolute Gasteiger partial charge is 0.241 e. The molecular weight excluding hydrogens is 240 g/mol. The normalized spacial score (nSPS) is 10.4. The van der Waals surface area contributed by atoms with Crippen molar-refractivity contribution in [3.63, 3.8) is 0 Å². The number of hydrogen-bond donors (Lipinski definition) is 2. The Kier molecular flexibility index (Phi) is 4.18. The van der Waals surface area contributed by atoms with E-state index < -0.39 is 0 Å². The molecule has 0 atom stereocenters. The molecule has 1 amide bonds. The highest BCUT2D eigenvalue weighted by Gasteiger charge is 2.05. The average Bonchev–Trinajstić information content (AvgIpc) is 2.82. The van der Waals surface area contributed by atoms with Crippen LogP contribution in [0.4, 0.5) is 5.82 Å². The molecule has 5 nitrogen and oxygen atoms in total. The minimum atomic E-state index is -0.0750. The maximum atomic E-state index is 11.8. The average molecular weight is 258 g/mol. The number of nitrogens with zero attached hydrogens (tertiary/aromatic N) is 2. The van der Waals surface area contributed by atoms with Gasteiger partial charge in [-0.1, -0.05) is 31.2 Å². The van der Waals surface area contributed by atoms with Crippen LogP contribution in [-0.2, 0) is 24.3 Å². The third-order valence-corrected chi connectivity index (χ3v) is 2.94. The van der Waals surface area contributed by atoms with E-state index in [0.29, 0.717) is 12.4 Å². The number of amides is 1. The SMILES string of the molecule is CCc1ccccc1CNC(=O)Cn1ccc(N)n1. The van der Waals surface area contributed by atoms with Crippen molar-refractivity contribution in [2.45, 2.75) is 26.4 Å². The zero-order valence-electron chi connectivity index (χ0n) is 11.0. The van der Waals surface area contributed by atoms with Gasteiger partial charge in [0.2, 0.25) is 5.91 Å². The molecule has 0 unspecified atom stereocenters. The lowest BCUT2D eigenvalue weighted by atomic mass is 10.1. The van der Waals surface area contributed by atoms with Crippen LogP contribution in [0, 0.1) is 0 Å². The molecule has 1 heterocycles. The first-order valence-electron chi connectivity index (χ1n) is 6.31. The van der Waals surface area contributed by atoms with E-state index in [1.807, 2.05) is 18.2 Å². The molecule has 0 spiro atoms. The monoisotopic (exact) mass is 258 g/mol. The second-order valence-electron chi connectivity index (χ2n) is 4.34. The van der Waals surface area contributed by atoms with E-state index >= 15 is 0 Å². The number of benzene rings is 1. The maximum absolute atomic E-state index is 11.8. The maximum Gasteiger partial charge on any atom is 0.241 e. The van der Waals surface area contributed by atoms with Crippen molar-refractivity contribution in [3.05, 3.63) is 47.7 Å². The first-order chi connectivity index (χ1) is 9.19. The van der Waals surface area contributed by atoms with Crippen LogP contribution in [0.25, 0.3) is 0 Å². The lowest BCUT2D eigenvalue weighted by Gasteiger charge is -2.09. The van der Waals surface area contributed by atoms with Crippen LogP contribution in [0.2, 0.25) is 0 Å². The largest absolute Gasteiger partial charge is 0.382 e. The van der Waals surface area contributed by atoms with Crippen LogP contribution < -0.4 is 11.1 Å². The minimum absolute atomic E-state index is 0.0750. The number of nitrogens with one attached hydrogen (secondary N) is 1. The van der Waals surface area contributed by atoms with Gasteiger partial charge in [-0.05, 0) is 23.6 Å². The Balaban J connectivity index is 1.89. The second-order valence-corrected chi connectivity index (χ2v) is 4.34. The third-order valence-electron chi connectivity index (χ3n) is 2.94. The highest BCUT2D eigenvalue weighted by atomic mass is 16.2. The van der Waals surface area contributed by atoms with Gasteiger partial charge in [0.15, 0.2) is 0 Å². The third kappa shape index (κ3) is 3.58. The molecular formula is C14H18N4O. The summed E-state index contributed by atoms with van der Waals surface area (Å²) < 4.78 is 1.52. The number of rotatable bonds is 5. The molecule has 19 heavy (non-hydrogen) atoms. The van der Waals surface area contributed by atoms with Crippen LogP contribution in [0.3, 0.4) is 0 Å². The van der Waals surface area contributed by atoms with Gasteiger partial charge < -0.3 is 11.1 Å². The summed E-state index contributed by atoms with van der Waals surface area (Å²) >= 11 is 0. The standard InChI is InChI=1S/C14H18N4O/c1-2-11-5-3-4-6-12(11)9-16-14(19)10-18-8-7-13(15)17-18/h3-8H,2,9-10H2,1H3,(H2,15,17)(H,16,19). The van der Waals surface area contributed by atoms with Gasteiger partial charge in [0.05, 0.1) is 0 Å². The number of carbonyl (C=O) groups excluding carboxylic acids is 1. The van der Waals surface area contributed by atoms with Crippen LogP contribution >= 0.6 is 0 Å². The molecule has 0 aliphatic rings. The molecule has 5 heteroatoms. The Labute approximate surface area is 112 Å². The van der Waals surface area contributed by atoms with Gasteiger partial charge in [0.1, 0.15) is 12.4 Å². The molecule has 2 aromatic rings. The van der Waals surface area contributed by atoms with Gasteiger partial charge in [-0.15, -0.1) is 0 Å². The van der Waals surface area contributed by atoms with Crippen LogP contribution in [-0.4, -0.2) is 15.7 Å². The number of hydrogen-bond acceptors (Lipinski definition) is 3. The predicted molar refractivity (Wildman–Crippen MR) is 74.3 cm³/mol. The van der Waals surface area contributed by atoms with E-state index in [1.165, 1.54) is 10.2 Å². The van der Waals surface area contributed by atoms with E-state index in [1.54, 1.807) is 12.3 Å². The van der Waals surface area contributed by atoms with Gasteiger partial charge in [-0.2, -0.15) is 5.10 Å². The first-order valence-corrected chi connectivity index (χ1v) is 6.31. The quantitative estimate of drug-likeness (QED) is 0.850. The summed E-state index contributed by atoms with van der Waals surface area (Å²) in [5.41, 5.74) is 7.90.